The third-order valence-corrected chi connectivity index (χ3v) is 9.22. The van der Waals surface area contributed by atoms with Gasteiger partial charge in [-0.3, -0.25) is 14.2 Å². The molecule has 2 unspecified atom stereocenters. The minimum Gasteiger partial charge on any atom is -0.756 e. The summed E-state index contributed by atoms with van der Waals surface area (Å²) in [5.74, 6) is -0.952. The molecule has 10 heteroatoms. The Labute approximate surface area is 335 Å². The Morgan fingerprint density at radius 2 is 1.13 bits per heavy atom. The van der Waals surface area contributed by atoms with Gasteiger partial charge in [0.15, 0.2) is 6.10 Å². The van der Waals surface area contributed by atoms with Gasteiger partial charge in [0.2, 0.25) is 0 Å². The Balaban J connectivity index is 4.53. The summed E-state index contributed by atoms with van der Waals surface area (Å²) in [5, 5.41) is 0. The molecule has 0 N–H and O–H groups in total. The lowest BCUT2D eigenvalue weighted by Crippen LogP contribution is -2.37. The Kier molecular flexibility index (Phi) is 34.9. The van der Waals surface area contributed by atoms with Gasteiger partial charge in [-0.15, -0.1) is 0 Å². The maximum absolute atomic E-state index is 12.6. The highest BCUT2D eigenvalue weighted by atomic mass is 31.2. The highest BCUT2D eigenvalue weighted by molar-refractivity contribution is 7.45. The number of nitrogens with zero attached hydrogens (tertiary/aromatic N) is 1. The number of carbonyl (C=O) groups is 2. The lowest BCUT2D eigenvalue weighted by Gasteiger charge is -2.28. The van der Waals surface area contributed by atoms with Gasteiger partial charge >= 0.3 is 11.9 Å². The summed E-state index contributed by atoms with van der Waals surface area (Å²) in [7, 11) is 1.10. The van der Waals surface area contributed by atoms with Crippen molar-refractivity contribution in [1.82, 2.24) is 0 Å². The lowest BCUT2D eigenvalue weighted by molar-refractivity contribution is -0.870. The molecule has 0 amide bonds. The maximum atomic E-state index is 12.6. The molecule has 0 rings (SSSR count). The molecular weight excluding hydrogens is 713 g/mol. The van der Waals surface area contributed by atoms with Crippen LogP contribution in [0, 0.1) is 0 Å². The van der Waals surface area contributed by atoms with Crippen LogP contribution in [0.1, 0.15) is 136 Å². The van der Waals surface area contributed by atoms with E-state index < -0.39 is 32.5 Å². The first kappa shape index (κ1) is 52.2. The number of allylic oxidation sites excluding steroid dienone is 14. The Morgan fingerprint density at radius 1 is 0.582 bits per heavy atom. The summed E-state index contributed by atoms with van der Waals surface area (Å²) < 4.78 is 33.7. The molecule has 55 heavy (non-hydrogen) atoms. The van der Waals surface area contributed by atoms with Crippen LogP contribution in [0.5, 0.6) is 0 Å². The van der Waals surface area contributed by atoms with Crippen molar-refractivity contribution in [2.45, 2.75) is 142 Å². The quantitative estimate of drug-likeness (QED) is 0.0154. The number of quaternary nitrogens is 1. The number of rotatable bonds is 36. The van der Waals surface area contributed by atoms with E-state index >= 15 is 0 Å². The predicted molar refractivity (Wildman–Crippen MR) is 226 cm³/mol. The zero-order chi connectivity index (χ0) is 40.7. The van der Waals surface area contributed by atoms with E-state index in [1.807, 2.05) is 69.8 Å². The second kappa shape index (κ2) is 36.8. The number of phosphoric acid groups is 1. The molecule has 0 bridgehead atoms. The van der Waals surface area contributed by atoms with Crippen LogP contribution < -0.4 is 4.89 Å². The van der Waals surface area contributed by atoms with Crippen LogP contribution in [-0.4, -0.2) is 70.0 Å². The molecule has 0 heterocycles. The average molecular weight is 790 g/mol. The van der Waals surface area contributed by atoms with Crippen LogP contribution in [0.15, 0.2) is 85.1 Å². The van der Waals surface area contributed by atoms with Crippen molar-refractivity contribution in [3.8, 4) is 0 Å². The smallest absolute Gasteiger partial charge is 0.306 e. The number of hydrogen-bond donors (Lipinski definition) is 0. The maximum Gasteiger partial charge on any atom is 0.306 e. The van der Waals surface area contributed by atoms with Crippen molar-refractivity contribution >= 4 is 19.8 Å². The molecule has 0 fully saturated rings. The first-order valence-corrected chi connectivity index (χ1v) is 22.3. The van der Waals surface area contributed by atoms with Gasteiger partial charge in [-0.05, 0) is 51.4 Å². The molecular formula is C45H76NO8P. The van der Waals surface area contributed by atoms with Crippen LogP contribution in [0.4, 0.5) is 0 Å². The summed E-state index contributed by atoms with van der Waals surface area (Å²) in [6.07, 6.45) is 46.2. The molecule has 0 aromatic heterocycles. The van der Waals surface area contributed by atoms with E-state index in [1.165, 1.54) is 38.5 Å². The van der Waals surface area contributed by atoms with Crippen LogP contribution in [0.3, 0.4) is 0 Å². The van der Waals surface area contributed by atoms with Gasteiger partial charge in [0.25, 0.3) is 7.82 Å². The molecule has 0 aliphatic heterocycles. The fourth-order valence-corrected chi connectivity index (χ4v) is 5.70. The summed E-state index contributed by atoms with van der Waals surface area (Å²) >= 11 is 0. The van der Waals surface area contributed by atoms with Crippen molar-refractivity contribution in [2.24, 2.45) is 0 Å². The number of phosphoric ester groups is 1. The standard InChI is InChI=1S/C45H76NO8P/c1-6-8-10-12-14-16-18-20-21-22-23-24-26-27-29-31-33-35-37-44(47)51-41-43(42-53-55(49,50)52-40-39-46(3,4)5)54-45(48)38-36-34-32-30-28-25-19-17-15-13-11-9-7-2/h10,12,14,16,18,20-25,28,32,34,43H,6-9,11,13,15,17,19,26-27,29-31,33,35-42H2,1-5H3/b12-10+,16-14+,20-18+,22-21+,24-23+,28-25+,34-32+. The summed E-state index contributed by atoms with van der Waals surface area (Å²) in [5.41, 5.74) is 0. The molecule has 0 aromatic carbocycles. The van der Waals surface area contributed by atoms with Gasteiger partial charge in [-0.25, -0.2) is 0 Å². The largest absolute Gasteiger partial charge is 0.756 e. The van der Waals surface area contributed by atoms with Crippen LogP contribution >= 0.6 is 7.82 Å². The van der Waals surface area contributed by atoms with Crippen molar-refractivity contribution < 1.29 is 42.1 Å². The molecule has 2 atom stereocenters. The third kappa shape index (κ3) is 40.7. The van der Waals surface area contributed by atoms with Crippen molar-refractivity contribution in [3.05, 3.63) is 85.1 Å². The molecule has 9 nitrogen and oxygen atoms in total. The third-order valence-electron chi connectivity index (χ3n) is 8.26. The highest BCUT2D eigenvalue weighted by Crippen LogP contribution is 2.38. The van der Waals surface area contributed by atoms with Gasteiger partial charge in [0.1, 0.15) is 19.8 Å². The zero-order valence-electron chi connectivity index (χ0n) is 35.1. The van der Waals surface area contributed by atoms with Gasteiger partial charge in [-0.1, -0.05) is 157 Å². The molecule has 0 radical (unpaired) electrons. The second-order valence-electron chi connectivity index (χ2n) is 14.8. The van der Waals surface area contributed by atoms with Crippen molar-refractivity contribution in [2.75, 3.05) is 47.5 Å². The summed E-state index contributed by atoms with van der Waals surface area (Å²) in [4.78, 5) is 37.4. The first-order chi connectivity index (χ1) is 26.5. The normalized spacial score (nSPS) is 14.5. The topological polar surface area (TPSA) is 111 Å². The van der Waals surface area contributed by atoms with Crippen molar-refractivity contribution in [3.63, 3.8) is 0 Å². The zero-order valence-corrected chi connectivity index (χ0v) is 36.0. The second-order valence-corrected chi connectivity index (χ2v) is 16.2. The van der Waals surface area contributed by atoms with E-state index in [4.69, 9.17) is 18.5 Å². The molecule has 0 saturated carbocycles. The lowest BCUT2D eigenvalue weighted by atomic mass is 10.1. The molecule has 0 aliphatic rings. The number of likely N-dealkylation sites (N-methyl/N-ethyl adjacent to an activating group) is 1. The SMILES string of the molecule is CCC/C=C/C=C/C=C/C=C/C=C/CCCCCCCC(=O)OCC(COP(=O)([O-])OCC[N+](C)(C)C)OC(=O)CC/C=C/C/C=C/CCCCCCCC. The van der Waals surface area contributed by atoms with E-state index in [0.29, 0.717) is 23.9 Å². The highest BCUT2D eigenvalue weighted by Gasteiger charge is 2.21. The van der Waals surface area contributed by atoms with Crippen LogP contribution in [0.25, 0.3) is 0 Å². The monoisotopic (exact) mass is 790 g/mol. The van der Waals surface area contributed by atoms with E-state index in [0.717, 1.165) is 57.8 Å². The van der Waals surface area contributed by atoms with Crippen LogP contribution in [-0.2, 0) is 32.7 Å². The summed E-state index contributed by atoms with van der Waals surface area (Å²) in [6, 6.07) is 0. The molecule has 0 spiro atoms. The van der Waals surface area contributed by atoms with Crippen molar-refractivity contribution in [1.29, 1.82) is 0 Å². The molecule has 0 saturated heterocycles. The van der Waals surface area contributed by atoms with Crippen LogP contribution in [0.2, 0.25) is 0 Å². The minimum absolute atomic E-state index is 0.0494. The first-order valence-electron chi connectivity index (χ1n) is 20.9. The molecule has 0 aliphatic carbocycles. The number of carbonyl (C=O) groups excluding carboxylic acids is 2. The van der Waals surface area contributed by atoms with E-state index in [2.05, 4.69) is 50.3 Å². The fourth-order valence-electron chi connectivity index (χ4n) is 4.97. The molecule has 0 aromatic rings. The number of unbranched alkanes of at least 4 members (excludes halogenated alkanes) is 12. The van der Waals surface area contributed by atoms with E-state index in [-0.39, 0.29) is 26.1 Å². The van der Waals surface area contributed by atoms with Gasteiger partial charge in [0, 0.05) is 12.8 Å². The Bertz CT molecular complexity index is 1210. The molecule has 314 valence electrons. The average Bonchev–Trinajstić information content (AvgIpc) is 3.13. The number of hydrogen-bond acceptors (Lipinski definition) is 8. The van der Waals surface area contributed by atoms with Gasteiger partial charge < -0.3 is 27.9 Å². The predicted octanol–water partition coefficient (Wildman–Crippen LogP) is 11.0. The van der Waals surface area contributed by atoms with E-state index in [9.17, 15) is 19.0 Å². The Hall–Kier alpha value is -2.81. The summed E-state index contributed by atoms with van der Waals surface area (Å²) in [6.45, 7) is 4.00. The van der Waals surface area contributed by atoms with Gasteiger partial charge in [0.05, 0.1) is 27.7 Å². The fraction of sp³-hybridized carbons (Fsp3) is 0.644. The minimum atomic E-state index is -4.65. The number of esters is 2. The number of ether oxygens (including phenoxy) is 2. The van der Waals surface area contributed by atoms with E-state index in [1.54, 1.807) is 0 Å². The van der Waals surface area contributed by atoms with Gasteiger partial charge in [-0.2, -0.15) is 0 Å². The Morgan fingerprint density at radius 3 is 1.75 bits per heavy atom.